The normalized spacial score (nSPS) is 10.6. The number of nitrogens with two attached hydrogens (primary N) is 1. The lowest BCUT2D eigenvalue weighted by Gasteiger charge is -2.00. The first-order valence-electron chi connectivity index (χ1n) is 6.06. The molecule has 4 heteroatoms. The minimum absolute atomic E-state index is 0.749. The molecule has 4 nitrogen and oxygen atoms in total. The molecule has 0 amide bonds. The molecule has 0 aliphatic heterocycles. The zero-order valence-corrected chi connectivity index (χ0v) is 10.6. The fourth-order valence-electron chi connectivity index (χ4n) is 1.91. The van der Waals surface area contributed by atoms with Gasteiger partial charge in [0.15, 0.2) is 5.82 Å². The third-order valence-corrected chi connectivity index (χ3v) is 2.93. The molecule has 2 N–H and O–H groups in total. The van der Waals surface area contributed by atoms with E-state index in [1.807, 2.05) is 61.9 Å². The molecule has 0 radical (unpaired) electrons. The number of hydrogen-bond donors (Lipinski definition) is 1. The van der Waals surface area contributed by atoms with Crippen LogP contribution in [0.4, 0.5) is 5.69 Å². The average molecular weight is 250 g/mol. The zero-order valence-electron chi connectivity index (χ0n) is 10.6. The molecule has 0 unspecified atom stereocenters. The van der Waals surface area contributed by atoms with Gasteiger partial charge in [0.25, 0.3) is 0 Å². The highest BCUT2D eigenvalue weighted by Gasteiger charge is 2.04. The minimum Gasteiger partial charge on any atom is -0.399 e. The number of pyridine rings is 1. The van der Waals surface area contributed by atoms with Gasteiger partial charge in [-0.3, -0.25) is 0 Å². The Bertz CT molecular complexity index is 698. The van der Waals surface area contributed by atoms with Crippen molar-refractivity contribution >= 4 is 5.69 Å². The van der Waals surface area contributed by atoms with Crippen LogP contribution in [-0.4, -0.2) is 14.8 Å². The van der Waals surface area contributed by atoms with Crippen LogP contribution in [0.25, 0.3) is 16.9 Å². The van der Waals surface area contributed by atoms with E-state index in [0.717, 1.165) is 28.2 Å². The van der Waals surface area contributed by atoms with Crippen molar-refractivity contribution in [1.82, 2.24) is 14.8 Å². The number of benzene rings is 1. The number of nitrogens with zero attached hydrogens (tertiary/aromatic N) is 3. The molecule has 0 spiro atoms. The van der Waals surface area contributed by atoms with E-state index in [0.29, 0.717) is 0 Å². The van der Waals surface area contributed by atoms with E-state index >= 15 is 0 Å². The lowest BCUT2D eigenvalue weighted by atomic mass is 10.1. The van der Waals surface area contributed by atoms with Gasteiger partial charge in [0, 0.05) is 23.6 Å². The highest BCUT2D eigenvalue weighted by atomic mass is 15.3. The Morgan fingerprint density at radius 2 is 1.95 bits per heavy atom. The number of rotatable bonds is 2. The summed E-state index contributed by atoms with van der Waals surface area (Å²) in [4.78, 5) is 4.35. The monoisotopic (exact) mass is 250 g/mol. The molecule has 0 saturated heterocycles. The van der Waals surface area contributed by atoms with E-state index < -0.39 is 0 Å². The van der Waals surface area contributed by atoms with Gasteiger partial charge in [0.05, 0.1) is 6.20 Å². The second kappa shape index (κ2) is 4.57. The van der Waals surface area contributed by atoms with Gasteiger partial charge >= 0.3 is 0 Å². The molecule has 2 aromatic heterocycles. The first-order chi connectivity index (χ1) is 9.22. The Hall–Kier alpha value is -2.62. The van der Waals surface area contributed by atoms with Crippen molar-refractivity contribution in [3.8, 4) is 16.9 Å². The summed E-state index contributed by atoms with van der Waals surface area (Å²) in [5, 5.41) is 4.34. The summed E-state index contributed by atoms with van der Waals surface area (Å²) in [6.07, 6.45) is 5.60. The fraction of sp³-hybridized carbons (Fsp3) is 0.0667. The predicted octanol–water partition coefficient (Wildman–Crippen LogP) is 2.82. The molecule has 0 aliphatic carbocycles. The molecule has 2 heterocycles. The number of nitrogen functional groups attached to an aromatic ring is 1. The van der Waals surface area contributed by atoms with Crippen molar-refractivity contribution in [1.29, 1.82) is 0 Å². The van der Waals surface area contributed by atoms with E-state index in [-0.39, 0.29) is 0 Å². The molecule has 0 aliphatic rings. The SMILES string of the molecule is Cc1ccc(-n2cc(-c3cccc(N)c3)cn2)nc1. The third-order valence-electron chi connectivity index (χ3n) is 2.93. The lowest BCUT2D eigenvalue weighted by molar-refractivity contribution is 0.845. The van der Waals surface area contributed by atoms with Crippen molar-refractivity contribution in [3.05, 3.63) is 60.6 Å². The standard InChI is InChI=1S/C15H14N4/c1-11-5-6-15(17-8-11)19-10-13(9-18-19)12-3-2-4-14(16)7-12/h2-10H,16H2,1H3. The average Bonchev–Trinajstić information content (AvgIpc) is 2.89. The summed E-state index contributed by atoms with van der Waals surface area (Å²) < 4.78 is 1.76. The summed E-state index contributed by atoms with van der Waals surface area (Å²) in [6.45, 7) is 2.01. The van der Waals surface area contributed by atoms with Crippen LogP contribution in [0.3, 0.4) is 0 Å². The first kappa shape index (κ1) is 11.5. The van der Waals surface area contributed by atoms with Crippen molar-refractivity contribution < 1.29 is 0 Å². The van der Waals surface area contributed by atoms with E-state index in [1.54, 1.807) is 4.68 Å². The number of anilines is 1. The summed E-state index contributed by atoms with van der Waals surface area (Å²) >= 11 is 0. The van der Waals surface area contributed by atoms with Crippen LogP contribution in [0.5, 0.6) is 0 Å². The van der Waals surface area contributed by atoms with Gasteiger partial charge in [0.1, 0.15) is 0 Å². The minimum atomic E-state index is 0.749. The van der Waals surface area contributed by atoms with Crippen LogP contribution in [0.2, 0.25) is 0 Å². The highest BCUT2D eigenvalue weighted by molar-refractivity contribution is 5.66. The van der Waals surface area contributed by atoms with Gasteiger partial charge in [-0.1, -0.05) is 18.2 Å². The summed E-state index contributed by atoms with van der Waals surface area (Å²) in [5.74, 6) is 0.806. The van der Waals surface area contributed by atoms with Crippen LogP contribution >= 0.6 is 0 Å². The molecule has 1 aromatic carbocycles. The summed E-state index contributed by atoms with van der Waals surface area (Å²) in [5.41, 5.74) is 9.75. The second-order valence-electron chi connectivity index (χ2n) is 4.49. The topological polar surface area (TPSA) is 56.7 Å². The summed E-state index contributed by atoms with van der Waals surface area (Å²) in [7, 11) is 0. The van der Waals surface area contributed by atoms with E-state index in [4.69, 9.17) is 5.73 Å². The third kappa shape index (κ3) is 2.33. The van der Waals surface area contributed by atoms with Gasteiger partial charge < -0.3 is 5.73 Å². The molecule has 0 bridgehead atoms. The maximum Gasteiger partial charge on any atom is 0.153 e. The molecule has 19 heavy (non-hydrogen) atoms. The highest BCUT2D eigenvalue weighted by Crippen LogP contribution is 2.21. The predicted molar refractivity (Wildman–Crippen MR) is 75.9 cm³/mol. The fourth-order valence-corrected chi connectivity index (χ4v) is 1.91. The molecule has 94 valence electrons. The lowest BCUT2D eigenvalue weighted by Crippen LogP contribution is -1.97. The Labute approximate surface area is 111 Å². The van der Waals surface area contributed by atoms with Crippen LogP contribution in [0.15, 0.2) is 55.0 Å². The number of aromatic nitrogens is 3. The van der Waals surface area contributed by atoms with Crippen molar-refractivity contribution in [3.63, 3.8) is 0 Å². The summed E-state index contributed by atoms with van der Waals surface area (Å²) in [6, 6.07) is 11.7. The largest absolute Gasteiger partial charge is 0.399 e. The molecular weight excluding hydrogens is 236 g/mol. The van der Waals surface area contributed by atoms with Gasteiger partial charge in [0.2, 0.25) is 0 Å². The van der Waals surface area contributed by atoms with Gasteiger partial charge in [-0.05, 0) is 36.2 Å². The van der Waals surface area contributed by atoms with E-state index in [9.17, 15) is 0 Å². The maximum atomic E-state index is 5.79. The smallest absolute Gasteiger partial charge is 0.153 e. The second-order valence-corrected chi connectivity index (χ2v) is 4.49. The van der Waals surface area contributed by atoms with Crippen LogP contribution in [0.1, 0.15) is 5.56 Å². The molecule has 0 saturated carbocycles. The number of hydrogen-bond acceptors (Lipinski definition) is 3. The quantitative estimate of drug-likeness (QED) is 0.711. The van der Waals surface area contributed by atoms with Crippen molar-refractivity contribution in [2.75, 3.05) is 5.73 Å². The van der Waals surface area contributed by atoms with E-state index in [1.165, 1.54) is 0 Å². The van der Waals surface area contributed by atoms with Crippen LogP contribution in [0, 0.1) is 6.92 Å². The van der Waals surface area contributed by atoms with E-state index in [2.05, 4.69) is 10.1 Å². The number of aryl methyl sites for hydroxylation is 1. The van der Waals surface area contributed by atoms with Crippen LogP contribution < -0.4 is 5.73 Å². The maximum absolute atomic E-state index is 5.79. The molecule has 3 rings (SSSR count). The van der Waals surface area contributed by atoms with Crippen LogP contribution in [-0.2, 0) is 0 Å². The molecule has 0 atom stereocenters. The molecule has 0 fully saturated rings. The van der Waals surface area contributed by atoms with Crippen molar-refractivity contribution in [2.45, 2.75) is 6.92 Å². The van der Waals surface area contributed by atoms with Gasteiger partial charge in [-0.2, -0.15) is 5.10 Å². The molecule has 3 aromatic rings. The first-order valence-corrected chi connectivity index (χ1v) is 6.06. The Balaban J connectivity index is 1.97. The van der Waals surface area contributed by atoms with Crippen molar-refractivity contribution in [2.24, 2.45) is 0 Å². The Morgan fingerprint density at radius 3 is 2.68 bits per heavy atom. The molecular formula is C15H14N4. The zero-order chi connectivity index (χ0) is 13.2. The Morgan fingerprint density at radius 1 is 1.05 bits per heavy atom. The van der Waals surface area contributed by atoms with Gasteiger partial charge in [-0.15, -0.1) is 0 Å². The van der Waals surface area contributed by atoms with Gasteiger partial charge in [-0.25, -0.2) is 9.67 Å². The Kier molecular flexibility index (Phi) is 2.76.